The van der Waals surface area contributed by atoms with Crippen LogP contribution < -0.4 is 5.43 Å². The second kappa shape index (κ2) is 5.43. The van der Waals surface area contributed by atoms with E-state index in [1.54, 1.807) is 12.1 Å². The molecule has 0 radical (unpaired) electrons. The van der Waals surface area contributed by atoms with Gasteiger partial charge in [0.2, 0.25) is 11.6 Å². The molecule has 4 nitrogen and oxygen atoms in total. The predicted octanol–water partition coefficient (Wildman–Crippen LogP) is 3.80. The molecule has 1 fully saturated rings. The van der Waals surface area contributed by atoms with Crippen LogP contribution in [0.3, 0.4) is 0 Å². The Morgan fingerprint density at radius 3 is 2.45 bits per heavy atom. The molecular weight excluding hydrogens is 302 g/mol. The van der Waals surface area contributed by atoms with Crippen LogP contribution in [0.5, 0.6) is 0 Å². The van der Waals surface area contributed by atoms with E-state index in [0.717, 1.165) is 18.4 Å². The maximum atomic E-state index is 13.3. The molecular formula is C14H11F4N3O. The van der Waals surface area contributed by atoms with Gasteiger partial charge in [0, 0.05) is 5.92 Å². The van der Waals surface area contributed by atoms with Crippen molar-refractivity contribution in [3.05, 3.63) is 47.2 Å². The van der Waals surface area contributed by atoms with Crippen LogP contribution in [0.1, 0.15) is 30.8 Å². The first-order chi connectivity index (χ1) is 10.5. The summed E-state index contributed by atoms with van der Waals surface area (Å²) in [4.78, 5) is 2.44. The zero-order chi connectivity index (χ0) is 15.9. The van der Waals surface area contributed by atoms with E-state index in [-0.39, 0.29) is 0 Å². The average Bonchev–Trinajstić information content (AvgIpc) is 3.02. The topological polar surface area (TPSA) is 50.4 Å². The molecule has 1 N–H and O–H groups in total. The van der Waals surface area contributed by atoms with Crippen molar-refractivity contribution in [2.24, 2.45) is 11.0 Å². The standard InChI is InChI=1S/C14H11F4N3O/c1-6-4-8(6)9-3-2-7(22-9)5-19-21-12-10(15)13(17)20-14(18)11(12)16/h2-3,5-6,8H,4H2,1H3,(H,20,21)/b19-5-/t6-,8-/m0/s1. The Kier molecular flexibility index (Phi) is 3.59. The zero-order valence-electron chi connectivity index (χ0n) is 11.4. The third kappa shape index (κ3) is 2.68. The number of hydrazone groups is 1. The van der Waals surface area contributed by atoms with Crippen molar-refractivity contribution < 1.29 is 22.0 Å². The first-order valence-electron chi connectivity index (χ1n) is 6.56. The number of hydrogen-bond donors (Lipinski definition) is 1. The molecule has 0 spiro atoms. The van der Waals surface area contributed by atoms with E-state index in [9.17, 15) is 17.6 Å². The van der Waals surface area contributed by atoms with Crippen molar-refractivity contribution in [1.29, 1.82) is 0 Å². The monoisotopic (exact) mass is 313 g/mol. The smallest absolute Gasteiger partial charge is 0.254 e. The molecule has 2 aromatic rings. The molecule has 3 rings (SSSR count). The van der Waals surface area contributed by atoms with Crippen LogP contribution in [-0.2, 0) is 0 Å². The highest BCUT2D eigenvalue weighted by atomic mass is 19.2. The van der Waals surface area contributed by atoms with Gasteiger partial charge in [0.25, 0.3) is 11.9 Å². The molecule has 1 aliphatic carbocycles. The van der Waals surface area contributed by atoms with Crippen molar-refractivity contribution in [2.75, 3.05) is 5.43 Å². The highest BCUT2D eigenvalue weighted by Gasteiger charge is 2.36. The van der Waals surface area contributed by atoms with E-state index < -0.39 is 29.2 Å². The molecule has 1 aliphatic rings. The normalized spacial score (nSPS) is 20.6. The number of anilines is 1. The molecule has 0 aliphatic heterocycles. The molecule has 0 aromatic carbocycles. The molecule has 0 saturated heterocycles. The Labute approximate surface area is 122 Å². The summed E-state index contributed by atoms with van der Waals surface area (Å²) >= 11 is 0. The van der Waals surface area contributed by atoms with Crippen LogP contribution in [0, 0.1) is 29.4 Å². The average molecular weight is 313 g/mol. The minimum absolute atomic E-state index is 0.359. The van der Waals surface area contributed by atoms with Crippen molar-refractivity contribution in [2.45, 2.75) is 19.3 Å². The molecule has 116 valence electrons. The van der Waals surface area contributed by atoms with Crippen LogP contribution in [0.15, 0.2) is 21.7 Å². The summed E-state index contributed by atoms with van der Waals surface area (Å²) in [5, 5.41) is 3.52. The summed E-state index contributed by atoms with van der Waals surface area (Å²) in [5.74, 6) is -4.68. The van der Waals surface area contributed by atoms with Gasteiger partial charge in [-0.2, -0.15) is 27.6 Å². The van der Waals surface area contributed by atoms with Gasteiger partial charge in [-0.3, -0.25) is 5.43 Å². The molecule has 2 heterocycles. The molecule has 0 amide bonds. The van der Waals surface area contributed by atoms with Gasteiger partial charge in [0.1, 0.15) is 17.2 Å². The molecule has 0 unspecified atom stereocenters. The minimum atomic E-state index is -1.75. The summed E-state index contributed by atoms with van der Waals surface area (Å²) in [7, 11) is 0. The Hall–Kier alpha value is -2.38. The molecule has 22 heavy (non-hydrogen) atoms. The van der Waals surface area contributed by atoms with Crippen LogP contribution in [0.25, 0.3) is 0 Å². The highest BCUT2D eigenvalue weighted by molar-refractivity contribution is 5.76. The van der Waals surface area contributed by atoms with Gasteiger partial charge in [-0.05, 0) is 24.5 Å². The molecule has 8 heteroatoms. The number of furan rings is 1. The number of halogens is 4. The van der Waals surface area contributed by atoms with E-state index in [4.69, 9.17) is 4.42 Å². The van der Waals surface area contributed by atoms with Crippen molar-refractivity contribution in [1.82, 2.24) is 4.98 Å². The van der Waals surface area contributed by atoms with Gasteiger partial charge in [-0.25, -0.2) is 0 Å². The second-order valence-electron chi connectivity index (χ2n) is 5.13. The van der Waals surface area contributed by atoms with Crippen molar-refractivity contribution >= 4 is 11.9 Å². The maximum absolute atomic E-state index is 13.3. The number of pyridine rings is 1. The van der Waals surface area contributed by atoms with Crippen LogP contribution in [0.2, 0.25) is 0 Å². The predicted molar refractivity (Wildman–Crippen MR) is 70.5 cm³/mol. The second-order valence-corrected chi connectivity index (χ2v) is 5.13. The van der Waals surface area contributed by atoms with E-state index in [1.807, 2.05) is 5.43 Å². The first kappa shape index (κ1) is 14.6. The van der Waals surface area contributed by atoms with E-state index in [1.165, 1.54) is 0 Å². The van der Waals surface area contributed by atoms with Gasteiger partial charge >= 0.3 is 0 Å². The lowest BCUT2D eigenvalue weighted by Crippen LogP contribution is -2.05. The Morgan fingerprint density at radius 1 is 1.23 bits per heavy atom. The van der Waals surface area contributed by atoms with E-state index in [0.29, 0.717) is 17.6 Å². The number of nitrogens with one attached hydrogen (secondary N) is 1. The third-order valence-corrected chi connectivity index (χ3v) is 3.49. The fourth-order valence-corrected chi connectivity index (χ4v) is 2.10. The Bertz CT molecular complexity index is 718. The minimum Gasteiger partial charge on any atom is -0.460 e. The van der Waals surface area contributed by atoms with Gasteiger partial charge in [0.05, 0.1) is 6.21 Å². The number of hydrogen-bond acceptors (Lipinski definition) is 4. The lowest BCUT2D eigenvalue weighted by atomic mass is 10.3. The lowest BCUT2D eigenvalue weighted by Gasteiger charge is -2.04. The molecule has 2 atom stereocenters. The number of nitrogens with zero attached hydrogens (tertiary/aromatic N) is 2. The van der Waals surface area contributed by atoms with Gasteiger partial charge in [-0.15, -0.1) is 0 Å². The first-order valence-corrected chi connectivity index (χ1v) is 6.56. The van der Waals surface area contributed by atoms with E-state index >= 15 is 0 Å². The Balaban J connectivity index is 1.73. The third-order valence-electron chi connectivity index (χ3n) is 3.49. The summed E-state index contributed by atoms with van der Waals surface area (Å²) in [6.45, 7) is 2.10. The van der Waals surface area contributed by atoms with Gasteiger partial charge in [0.15, 0.2) is 0 Å². The summed E-state index contributed by atoms with van der Waals surface area (Å²) in [6, 6.07) is 3.44. The van der Waals surface area contributed by atoms with Gasteiger partial charge < -0.3 is 4.42 Å². The molecule has 1 saturated carbocycles. The fraction of sp³-hybridized carbons (Fsp3) is 0.286. The molecule has 0 bridgehead atoms. The summed E-state index contributed by atoms with van der Waals surface area (Å²) in [6.07, 6.45) is 2.21. The van der Waals surface area contributed by atoms with E-state index in [2.05, 4.69) is 17.0 Å². The van der Waals surface area contributed by atoms with Gasteiger partial charge in [-0.1, -0.05) is 6.92 Å². The van der Waals surface area contributed by atoms with Crippen LogP contribution in [-0.4, -0.2) is 11.2 Å². The number of rotatable bonds is 4. The fourth-order valence-electron chi connectivity index (χ4n) is 2.10. The highest BCUT2D eigenvalue weighted by Crippen LogP contribution is 2.47. The summed E-state index contributed by atoms with van der Waals surface area (Å²) in [5.41, 5.74) is 0.862. The largest absolute Gasteiger partial charge is 0.460 e. The summed E-state index contributed by atoms with van der Waals surface area (Å²) < 4.78 is 57.9. The molecule has 2 aromatic heterocycles. The van der Waals surface area contributed by atoms with Crippen molar-refractivity contribution in [3.8, 4) is 0 Å². The maximum Gasteiger partial charge on any atom is 0.254 e. The van der Waals surface area contributed by atoms with Crippen molar-refractivity contribution in [3.63, 3.8) is 0 Å². The zero-order valence-corrected chi connectivity index (χ0v) is 11.4. The SMILES string of the molecule is C[C@H]1C[C@@H]1c1ccc(/C=N\Nc2c(F)c(F)nc(F)c2F)o1. The number of aromatic nitrogens is 1. The van der Waals surface area contributed by atoms with Crippen LogP contribution in [0.4, 0.5) is 23.2 Å². The lowest BCUT2D eigenvalue weighted by molar-refractivity contribution is 0.411. The van der Waals surface area contributed by atoms with Crippen LogP contribution >= 0.6 is 0 Å². The quantitative estimate of drug-likeness (QED) is 0.404. The Morgan fingerprint density at radius 2 is 1.86 bits per heavy atom.